The molecule has 10 aromatic rings. The lowest BCUT2D eigenvalue weighted by molar-refractivity contribution is 0.660. The van der Waals surface area contributed by atoms with Crippen molar-refractivity contribution in [2.24, 2.45) is 0 Å². The Hall–Kier alpha value is -6.64. The predicted octanol–water partition coefficient (Wildman–Crippen LogP) is 14.2. The third kappa shape index (κ3) is 4.11. The first-order valence-electron chi connectivity index (χ1n) is 19.9. The first kappa shape index (κ1) is 31.7. The highest BCUT2D eigenvalue weighted by Gasteiger charge is 2.36. The largest absolute Gasteiger partial charge is 0.309 e. The fourth-order valence-electron chi connectivity index (χ4n) is 10.6. The molecule has 0 fully saturated rings. The van der Waals surface area contributed by atoms with Crippen LogP contribution >= 0.6 is 0 Å². The molecule has 2 aliphatic rings. The van der Waals surface area contributed by atoms with Crippen LogP contribution in [0.15, 0.2) is 170 Å². The van der Waals surface area contributed by atoms with Crippen molar-refractivity contribution in [1.29, 1.82) is 0 Å². The van der Waals surface area contributed by atoms with E-state index in [0.29, 0.717) is 0 Å². The summed E-state index contributed by atoms with van der Waals surface area (Å²) in [6.45, 7) is 9.39. The van der Waals surface area contributed by atoms with E-state index < -0.39 is 0 Å². The Morgan fingerprint density at radius 1 is 0.304 bits per heavy atom. The van der Waals surface area contributed by atoms with Gasteiger partial charge in [-0.1, -0.05) is 137 Å². The fourth-order valence-corrected chi connectivity index (χ4v) is 10.6. The molecular formula is C54H40N2. The summed E-state index contributed by atoms with van der Waals surface area (Å²) in [7, 11) is 0. The van der Waals surface area contributed by atoms with Gasteiger partial charge in [0.05, 0.1) is 22.1 Å². The molecule has 0 unspecified atom stereocenters. The van der Waals surface area contributed by atoms with Gasteiger partial charge in [0.15, 0.2) is 0 Å². The SMILES string of the molecule is CC1(C)c2ccccc2-c2cc(-n3c4ccccc4c4cc(-c5ccc6c(c5)c5ccccc5n6-c5ccc6c(c5)-c5ccccc5C6(C)C)ccc43)ccc21. The third-order valence-corrected chi connectivity index (χ3v) is 13.3. The average molecular weight is 717 g/mol. The zero-order valence-electron chi connectivity index (χ0n) is 32.1. The van der Waals surface area contributed by atoms with E-state index in [-0.39, 0.29) is 10.8 Å². The van der Waals surface area contributed by atoms with Gasteiger partial charge in [-0.25, -0.2) is 0 Å². The zero-order chi connectivity index (χ0) is 37.5. The average Bonchev–Trinajstić information content (AvgIpc) is 3.89. The summed E-state index contributed by atoms with van der Waals surface area (Å²) < 4.78 is 4.91. The standard InChI is InChI=1S/C54H40N2/c1-53(2)45-17-9-5-13-37(45)41-31-35(23-25-47(41)53)55-49-19-11-7-15-39(49)43-29-33(21-27-51(43)55)34-22-28-52-44(30-34)40-16-8-12-20-50(40)56(52)36-24-26-48-42(32-36)38-14-6-10-18-46(38)54(48,3)4/h5-32H,1-4H3. The van der Waals surface area contributed by atoms with Crippen molar-refractivity contribution >= 4 is 43.6 Å². The van der Waals surface area contributed by atoms with E-state index in [1.54, 1.807) is 0 Å². The minimum atomic E-state index is -0.0157. The Bertz CT molecular complexity index is 3090. The summed E-state index contributed by atoms with van der Waals surface area (Å²) in [4.78, 5) is 0. The van der Waals surface area contributed by atoms with Crippen molar-refractivity contribution in [3.63, 3.8) is 0 Å². The van der Waals surface area contributed by atoms with Crippen LogP contribution < -0.4 is 0 Å². The molecule has 0 amide bonds. The minimum Gasteiger partial charge on any atom is -0.309 e. The molecule has 0 saturated carbocycles. The Morgan fingerprint density at radius 3 is 1.14 bits per heavy atom. The van der Waals surface area contributed by atoms with E-state index in [1.165, 1.54) is 111 Å². The van der Waals surface area contributed by atoms with Gasteiger partial charge in [0.2, 0.25) is 0 Å². The molecule has 0 aliphatic heterocycles. The van der Waals surface area contributed by atoms with Crippen molar-refractivity contribution < 1.29 is 0 Å². The lowest BCUT2D eigenvalue weighted by Crippen LogP contribution is -2.14. The van der Waals surface area contributed by atoms with E-state index in [1.807, 2.05) is 0 Å². The fraction of sp³-hybridized carbons (Fsp3) is 0.111. The highest BCUT2D eigenvalue weighted by Crippen LogP contribution is 2.51. The molecule has 2 heteroatoms. The van der Waals surface area contributed by atoms with Crippen molar-refractivity contribution in [1.82, 2.24) is 9.13 Å². The van der Waals surface area contributed by atoms with Crippen LogP contribution in [0.1, 0.15) is 49.9 Å². The summed E-state index contributed by atoms with van der Waals surface area (Å²) in [5.41, 5.74) is 20.7. The topological polar surface area (TPSA) is 9.86 Å². The Labute approximate surface area is 326 Å². The molecule has 0 radical (unpaired) electrons. The van der Waals surface area contributed by atoms with Gasteiger partial charge in [-0.3, -0.25) is 0 Å². The predicted molar refractivity (Wildman–Crippen MR) is 236 cm³/mol. The first-order valence-corrected chi connectivity index (χ1v) is 19.9. The van der Waals surface area contributed by atoms with Gasteiger partial charge in [-0.15, -0.1) is 0 Å². The molecule has 2 nitrogen and oxygen atoms in total. The number of nitrogens with zero attached hydrogens (tertiary/aromatic N) is 2. The molecule has 56 heavy (non-hydrogen) atoms. The molecule has 12 rings (SSSR count). The van der Waals surface area contributed by atoms with Gasteiger partial charge >= 0.3 is 0 Å². The number of hydrogen-bond donors (Lipinski definition) is 0. The highest BCUT2D eigenvalue weighted by molar-refractivity contribution is 6.13. The summed E-state index contributed by atoms with van der Waals surface area (Å²) in [5.74, 6) is 0. The third-order valence-electron chi connectivity index (χ3n) is 13.3. The maximum Gasteiger partial charge on any atom is 0.0541 e. The Morgan fingerprint density at radius 2 is 0.679 bits per heavy atom. The summed E-state index contributed by atoms with van der Waals surface area (Å²) in [5, 5.41) is 5.07. The molecule has 266 valence electrons. The van der Waals surface area contributed by atoms with Gasteiger partial charge in [-0.05, 0) is 116 Å². The van der Waals surface area contributed by atoms with Crippen LogP contribution in [0.5, 0.6) is 0 Å². The molecular weight excluding hydrogens is 677 g/mol. The maximum absolute atomic E-state index is 2.45. The van der Waals surface area contributed by atoms with Crippen molar-refractivity contribution in [2.45, 2.75) is 38.5 Å². The van der Waals surface area contributed by atoms with Crippen LogP contribution in [-0.2, 0) is 10.8 Å². The number of fused-ring (bicyclic) bond motifs is 12. The molecule has 8 aromatic carbocycles. The van der Waals surface area contributed by atoms with E-state index in [2.05, 4.69) is 207 Å². The molecule has 0 spiro atoms. The van der Waals surface area contributed by atoms with E-state index in [0.717, 1.165) is 0 Å². The van der Waals surface area contributed by atoms with Crippen LogP contribution in [0.4, 0.5) is 0 Å². The summed E-state index contributed by atoms with van der Waals surface area (Å²) in [6.07, 6.45) is 0. The summed E-state index contributed by atoms with van der Waals surface area (Å²) in [6, 6.07) is 63.8. The molecule has 0 saturated heterocycles. The molecule has 0 bridgehead atoms. The van der Waals surface area contributed by atoms with Crippen molar-refractivity contribution in [3.05, 3.63) is 192 Å². The second-order valence-electron chi connectivity index (χ2n) is 17.0. The second-order valence-corrected chi connectivity index (χ2v) is 17.0. The normalized spacial score (nSPS) is 14.7. The van der Waals surface area contributed by atoms with Crippen LogP contribution in [0.3, 0.4) is 0 Å². The van der Waals surface area contributed by atoms with Crippen LogP contribution in [0.25, 0.3) is 88.4 Å². The number of aromatic nitrogens is 2. The molecule has 0 N–H and O–H groups in total. The minimum absolute atomic E-state index is 0.0157. The van der Waals surface area contributed by atoms with Gasteiger partial charge in [0.25, 0.3) is 0 Å². The molecule has 2 aromatic heterocycles. The van der Waals surface area contributed by atoms with E-state index >= 15 is 0 Å². The van der Waals surface area contributed by atoms with Crippen molar-refractivity contribution in [3.8, 4) is 44.8 Å². The number of hydrogen-bond acceptors (Lipinski definition) is 0. The Kier molecular flexibility index (Phi) is 6.22. The van der Waals surface area contributed by atoms with E-state index in [4.69, 9.17) is 0 Å². The Balaban J connectivity index is 1.01. The molecule has 2 heterocycles. The van der Waals surface area contributed by atoms with E-state index in [9.17, 15) is 0 Å². The van der Waals surface area contributed by atoms with Crippen LogP contribution in [-0.4, -0.2) is 9.13 Å². The van der Waals surface area contributed by atoms with Gasteiger partial charge in [0.1, 0.15) is 0 Å². The monoisotopic (exact) mass is 716 g/mol. The number of rotatable bonds is 3. The van der Waals surface area contributed by atoms with Gasteiger partial charge < -0.3 is 9.13 Å². The van der Waals surface area contributed by atoms with Gasteiger partial charge in [-0.2, -0.15) is 0 Å². The maximum atomic E-state index is 2.45. The van der Waals surface area contributed by atoms with Crippen LogP contribution in [0.2, 0.25) is 0 Å². The number of benzene rings is 8. The zero-order valence-corrected chi connectivity index (χ0v) is 32.1. The van der Waals surface area contributed by atoms with Crippen molar-refractivity contribution in [2.75, 3.05) is 0 Å². The lowest BCUT2D eigenvalue weighted by atomic mass is 9.82. The summed E-state index contributed by atoms with van der Waals surface area (Å²) >= 11 is 0. The second kappa shape index (κ2) is 11.0. The lowest BCUT2D eigenvalue weighted by Gasteiger charge is -2.21. The quantitative estimate of drug-likeness (QED) is 0.172. The number of para-hydroxylation sites is 2. The van der Waals surface area contributed by atoms with Crippen LogP contribution in [0, 0.1) is 0 Å². The van der Waals surface area contributed by atoms with Gasteiger partial charge in [0, 0.05) is 43.7 Å². The highest BCUT2D eigenvalue weighted by atomic mass is 15.0. The smallest absolute Gasteiger partial charge is 0.0541 e. The molecule has 2 aliphatic carbocycles. The first-order chi connectivity index (χ1) is 27.3. The molecule has 0 atom stereocenters.